The van der Waals surface area contributed by atoms with E-state index >= 15 is 0 Å². The first-order valence-electron chi connectivity index (χ1n) is 6.10. The fourth-order valence-corrected chi connectivity index (χ4v) is 1.52. The van der Waals surface area contributed by atoms with Crippen LogP contribution < -0.4 is 10.1 Å². The molecular formula is C13H13F4NO4. The maximum Gasteiger partial charge on any atom is 0.391 e. The minimum atomic E-state index is -4.75. The Balaban J connectivity index is 2.67. The summed E-state index contributed by atoms with van der Waals surface area (Å²) < 4.78 is 54.6. The lowest BCUT2D eigenvalue weighted by atomic mass is 10.2. The molecule has 0 saturated carbocycles. The van der Waals surface area contributed by atoms with Crippen molar-refractivity contribution in [2.75, 3.05) is 0 Å². The first-order chi connectivity index (χ1) is 10.1. The molecular weight excluding hydrogens is 310 g/mol. The lowest BCUT2D eigenvalue weighted by Crippen LogP contribution is -2.48. The summed E-state index contributed by atoms with van der Waals surface area (Å²) in [6.07, 6.45) is -7.75. The summed E-state index contributed by atoms with van der Waals surface area (Å²) >= 11 is 0. The highest BCUT2D eigenvalue weighted by Crippen LogP contribution is 2.22. The normalized spacial score (nSPS) is 14.0. The van der Waals surface area contributed by atoms with E-state index in [9.17, 15) is 27.2 Å². The van der Waals surface area contributed by atoms with E-state index in [0.29, 0.717) is 0 Å². The second-order valence-electron chi connectivity index (χ2n) is 4.44. The van der Waals surface area contributed by atoms with Crippen molar-refractivity contribution in [3.63, 3.8) is 0 Å². The molecule has 1 aromatic rings. The first kappa shape index (κ1) is 17.7. The fraction of sp³-hybridized carbons (Fsp3) is 0.385. The van der Waals surface area contributed by atoms with Gasteiger partial charge in [0.15, 0.2) is 6.10 Å². The predicted octanol–water partition coefficient (Wildman–Crippen LogP) is 2.11. The number of carbonyl (C=O) groups excluding carboxylic acids is 1. The number of alkyl halides is 3. The number of rotatable bonds is 6. The van der Waals surface area contributed by atoms with E-state index in [1.807, 2.05) is 0 Å². The Labute approximate surface area is 122 Å². The van der Waals surface area contributed by atoms with Gasteiger partial charge < -0.3 is 15.2 Å². The van der Waals surface area contributed by atoms with Crippen LogP contribution in [0.2, 0.25) is 0 Å². The zero-order valence-electron chi connectivity index (χ0n) is 11.4. The Morgan fingerprint density at radius 3 is 2.50 bits per heavy atom. The van der Waals surface area contributed by atoms with Crippen LogP contribution in [-0.4, -0.2) is 35.3 Å². The van der Waals surface area contributed by atoms with E-state index in [4.69, 9.17) is 9.84 Å². The molecule has 1 amide bonds. The molecule has 2 unspecified atom stereocenters. The third kappa shape index (κ3) is 5.98. The van der Waals surface area contributed by atoms with Gasteiger partial charge >= 0.3 is 12.1 Å². The lowest BCUT2D eigenvalue weighted by Gasteiger charge is -2.19. The van der Waals surface area contributed by atoms with E-state index < -0.39 is 42.4 Å². The molecule has 22 heavy (non-hydrogen) atoms. The second-order valence-corrected chi connectivity index (χ2v) is 4.44. The van der Waals surface area contributed by atoms with Crippen LogP contribution in [0.4, 0.5) is 17.6 Å². The molecule has 0 fully saturated rings. The highest BCUT2D eigenvalue weighted by atomic mass is 19.4. The van der Waals surface area contributed by atoms with Gasteiger partial charge in [0.1, 0.15) is 17.6 Å². The van der Waals surface area contributed by atoms with Crippen LogP contribution in [0.5, 0.6) is 5.75 Å². The SMILES string of the molecule is CC(Oc1cccc(F)c1)C(=O)NC(CC(F)(F)F)C(=O)O. The van der Waals surface area contributed by atoms with Gasteiger partial charge in [-0.05, 0) is 19.1 Å². The van der Waals surface area contributed by atoms with Crippen LogP contribution in [0, 0.1) is 5.82 Å². The molecule has 0 heterocycles. The summed E-state index contributed by atoms with van der Waals surface area (Å²) in [7, 11) is 0. The van der Waals surface area contributed by atoms with Gasteiger partial charge in [-0.1, -0.05) is 6.07 Å². The molecule has 0 radical (unpaired) electrons. The van der Waals surface area contributed by atoms with Gasteiger partial charge in [0.25, 0.3) is 5.91 Å². The smallest absolute Gasteiger partial charge is 0.391 e. The van der Waals surface area contributed by atoms with Crippen molar-refractivity contribution in [1.29, 1.82) is 0 Å². The minimum absolute atomic E-state index is 0.00894. The predicted molar refractivity (Wildman–Crippen MR) is 66.7 cm³/mol. The summed E-state index contributed by atoms with van der Waals surface area (Å²) in [6, 6.07) is 2.66. The van der Waals surface area contributed by atoms with Gasteiger partial charge in [0.05, 0.1) is 6.42 Å². The summed E-state index contributed by atoms with van der Waals surface area (Å²) in [4.78, 5) is 22.4. The Morgan fingerprint density at radius 2 is 2.00 bits per heavy atom. The number of carbonyl (C=O) groups is 2. The van der Waals surface area contributed by atoms with Gasteiger partial charge in [-0.2, -0.15) is 13.2 Å². The van der Waals surface area contributed by atoms with Crippen molar-refractivity contribution in [3.8, 4) is 5.75 Å². The van der Waals surface area contributed by atoms with E-state index in [1.165, 1.54) is 19.1 Å². The Hall–Kier alpha value is -2.32. The standard InChI is InChI=1S/C13H13F4NO4/c1-7(22-9-4-2-3-8(14)5-9)11(19)18-10(12(20)21)6-13(15,16)17/h2-5,7,10H,6H2,1H3,(H,18,19)(H,20,21). The van der Waals surface area contributed by atoms with Gasteiger partial charge in [-0.25, -0.2) is 9.18 Å². The van der Waals surface area contributed by atoms with E-state index in [1.54, 1.807) is 5.32 Å². The van der Waals surface area contributed by atoms with Crippen molar-refractivity contribution >= 4 is 11.9 Å². The highest BCUT2D eigenvalue weighted by molar-refractivity contribution is 5.86. The molecule has 2 atom stereocenters. The number of carboxylic acid groups (broad SMARTS) is 1. The third-order valence-corrected chi connectivity index (χ3v) is 2.53. The Bertz CT molecular complexity index is 547. The molecule has 0 aliphatic heterocycles. The average molecular weight is 323 g/mol. The van der Waals surface area contributed by atoms with Crippen LogP contribution in [0.15, 0.2) is 24.3 Å². The Kier molecular flexibility index (Phi) is 5.72. The number of amides is 1. The number of benzene rings is 1. The van der Waals surface area contributed by atoms with Crippen molar-refractivity contribution < 1.29 is 37.0 Å². The molecule has 0 spiro atoms. The van der Waals surface area contributed by atoms with Gasteiger partial charge in [-0.15, -0.1) is 0 Å². The number of ether oxygens (including phenoxy) is 1. The number of hydrogen-bond donors (Lipinski definition) is 2. The number of nitrogens with one attached hydrogen (secondary N) is 1. The Morgan fingerprint density at radius 1 is 1.36 bits per heavy atom. The molecule has 0 bridgehead atoms. The van der Waals surface area contributed by atoms with Crippen molar-refractivity contribution in [1.82, 2.24) is 5.32 Å². The van der Waals surface area contributed by atoms with Gasteiger partial charge in [0, 0.05) is 6.07 Å². The quantitative estimate of drug-likeness (QED) is 0.786. The van der Waals surface area contributed by atoms with Crippen molar-refractivity contribution in [2.45, 2.75) is 31.7 Å². The van der Waals surface area contributed by atoms with Crippen molar-refractivity contribution in [3.05, 3.63) is 30.1 Å². The minimum Gasteiger partial charge on any atom is -0.481 e. The summed E-state index contributed by atoms with van der Waals surface area (Å²) in [5.41, 5.74) is 0. The van der Waals surface area contributed by atoms with Crippen LogP contribution in [0.25, 0.3) is 0 Å². The van der Waals surface area contributed by atoms with E-state index in [-0.39, 0.29) is 5.75 Å². The number of hydrogen-bond acceptors (Lipinski definition) is 3. The van der Waals surface area contributed by atoms with Crippen LogP contribution in [-0.2, 0) is 9.59 Å². The number of carboxylic acids is 1. The molecule has 1 rings (SSSR count). The average Bonchev–Trinajstić information content (AvgIpc) is 2.36. The first-order valence-corrected chi connectivity index (χ1v) is 6.10. The monoisotopic (exact) mass is 323 g/mol. The van der Waals surface area contributed by atoms with Gasteiger partial charge in [-0.3, -0.25) is 4.79 Å². The van der Waals surface area contributed by atoms with E-state index in [2.05, 4.69) is 0 Å². The summed E-state index contributed by atoms with van der Waals surface area (Å²) in [5, 5.41) is 10.4. The maximum atomic E-state index is 12.9. The number of aliphatic carboxylic acids is 1. The molecule has 122 valence electrons. The van der Waals surface area contributed by atoms with Crippen LogP contribution in [0.1, 0.15) is 13.3 Å². The topological polar surface area (TPSA) is 75.6 Å². The fourth-order valence-electron chi connectivity index (χ4n) is 1.52. The summed E-state index contributed by atoms with van der Waals surface area (Å²) in [5.74, 6) is -3.50. The zero-order valence-corrected chi connectivity index (χ0v) is 11.4. The second kappa shape index (κ2) is 7.10. The van der Waals surface area contributed by atoms with Crippen LogP contribution >= 0.6 is 0 Å². The lowest BCUT2D eigenvalue weighted by molar-refractivity contribution is -0.160. The molecule has 0 aliphatic rings. The molecule has 9 heteroatoms. The maximum absolute atomic E-state index is 12.9. The molecule has 0 aliphatic carbocycles. The number of halogens is 4. The highest BCUT2D eigenvalue weighted by Gasteiger charge is 2.37. The summed E-state index contributed by atoms with van der Waals surface area (Å²) in [6.45, 7) is 1.20. The van der Waals surface area contributed by atoms with Crippen molar-refractivity contribution in [2.24, 2.45) is 0 Å². The largest absolute Gasteiger partial charge is 0.481 e. The van der Waals surface area contributed by atoms with Crippen LogP contribution in [0.3, 0.4) is 0 Å². The molecule has 1 aromatic carbocycles. The zero-order chi connectivity index (χ0) is 16.9. The molecule has 2 N–H and O–H groups in total. The van der Waals surface area contributed by atoms with E-state index in [0.717, 1.165) is 12.1 Å². The third-order valence-electron chi connectivity index (χ3n) is 2.53. The molecule has 5 nitrogen and oxygen atoms in total. The molecule has 0 saturated heterocycles. The van der Waals surface area contributed by atoms with Gasteiger partial charge in [0.2, 0.25) is 0 Å². The molecule has 0 aromatic heterocycles.